The number of Topliss-reactive ketones (excluding diaryl/α,β-unsaturated/α-hetero) is 1. The highest BCUT2D eigenvalue weighted by Gasteiger charge is 2.42. The molecule has 0 saturated carbocycles. The number of ether oxygens (including phenoxy) is 1. The van der Waals surface area contributed by atoms with Crippen LogP contribution in [0.5, 0.6) is 5.75 Å². The van der Waals surface area contributed by atoms with Gasteiger partial charge < -0.3 is 4.74 Å². The minimum Gasteiger partial charge on any atom is -0.434 e. The molecule has 0 bridgehead atoms. The molecule has 0 heterocycles. The van der Waals surface area contributed by atoms with Gasteiger partial charge in [-0.3, -0.25) is 14.9 Å². The van der Waals surface area contributed by atoms with E-state index in [1.54, 1.807) is 0 Å². The first kappa shape index (κ1) is 15.8. The van der Waals surface area contributed by atoms with Crippen LogP contribution in [0.4, 0.5) is 27.6 Å². The van der Waals surface area contributed by atoms with E-state index in [0.717, 1.165) is 0 Å². The Balaban J connectivity index is 3.68. The maximum atomic E-state index is 12.6. The summed E-state index contributed by atoms with van der Waals surface area (Å²) in [5.41, 5.74) is -4.47. The fourth-order valence-corrected chi connectivity index (χ4v) is 1.53. The summed E-state index contributed by atoms with van der Waals surface area (Å²) in [4.78, 5) is 20.5. The molecule has 10 heteroatoms. The number of ketones is 1. The smallest absolute Gasteiger partial charge is 0.423 e. The summed E-state index contributed by atoms with van der Waals surface area (Å²) in [6.07, 6.45) is -5.12. The van der Waals surface area contributed by atoms with Gasteiger partial charge in [-0.2, -0.15) is 22.0 Å². The van der Waals surface area contributed by atoms with Crippen molar-refractivity contribution in [1.29, 1.82) is 0 Å². The van der Waals surface area contributed by atoms with E-state index in [0.29, 0.717) is 13.0 Å². The first-order valence-corrected chi connectivity index (χ1v) is 4.90. The summed E-state index contributed by atoms with van der Waals surface area (Å²) >= 11 is 0. The fraction of sp³-hybridized carbons (Fsp3) is 0.300. The molecule has 0 spiro atoms. The predicted octanol–water partition coefficient (Wildman–Crippen LogP) is 3.42. The number of carbonyl (C=O) groups is 1. The molecule has 0 aliphatic carbocycles. The van der Waals surface area contributed by atoms with Gasteiger partial charge in [0.15, 0.2) is 5.78 Å². The average molecular weight is 299 g/mol. The van der Waals surface area contributed by atoms with Crippen LogP contribution in [0.3, 0.4) is 0 Å². The molecule has 1 rings (SSSR count). The number of nitro groups is 1. The number of hydrogen-bond donors (Lipinski definition) is 0. The molecule has 0 saturated heterocycles. The van der Waals surface area contributed by atoms with Gasteiger partial charge in [-0.1, -0.05) is 0 Å². The molecule has 0 N–H and O–H groups in total. The van der Waals surface area contributed by atoms with E-state index in [1.807, 2.05) is 0 Å². The van der Waals surface area contributed by atoms with Crippen molar-refractivity contribution in [3.63, 3.8) is 0 Å². The van der Waals surface area contributed by atoms with Gasteiger partial charge in [0.05, 0.1) is 4.92 Å². The van der Waals surface area contributed by atoms with E-state index >= 15 is 0 Å². The number of alkyl halides is 5. The highest BCUT2D eigenvalue weighted by Crippen LogP contribution is 2.41. The normalized spacial score (nSPS) is 11.6. The van der Waals surface area contributed by atoms with Crippen molar-refractivity contribution in [2.45, 2.75) is 19.7 Å². The molecule has 1 aromatic rings. The van der Waals surface area contributed by atoms with Crippen LogP contribution in [0.1, 0.15) is 22.8 Å². The van der Waals surface area contributed by atoms with Crippen molar-refractivity contribution in [2.75, 3.05) is 0 Å². The van der Waals surface area contributed by atoms with E-state index < -0.39 is 46.1 Å². The Bertz CT molecular complexity index is 555. The molecule has 0 radical (unpaired) electrons. The Kier molecular flexibility index (Phi) is 4.26. The number of halogens is 5. The van der Waals surface area contributed by atoms with E-state index in [4.69, 9.17) is 0 Å². The largest absolute Gasteiger partial charge is 0.434 e. The molecule has 0 aliphatic rings. The SMILES string of the molecule is CC(=O)c1c(OC(F)F)ccc(C(F)(F)F)c1[N+](=O)[O-]. The lowest BCUT2D eigenvalue weighted by atomic mass is 10.0. The van der Waals surface area contributed by atoms with E-state index in [2.05, 4.69) is 4.74 Å². The minimum atomic E-state index is -5.12. The number of hydrogen-bond acceptors (Lipinski definition) is 4. The molecule has 5 nitrogen and oxygen atoms in total. The van der Waals surface area contributed by atoms with Gasteiger partial charge in [-0.05, 0) is 19.1 Å². The topological polar surface area (TPSA) is 69.4 Å². The zero-order valence-electron chi connectivity index (χ0n) is 9.70. The van der Waals surface area contributed by atoms with Crippen molar-refractivity contribution in [3.05, 3.63) is 33.4 Å². The van der Waals surface area contributed by atoms with Crippen molar-refractivity contribution < 1.29 is 36.4 Å². The summed E-state index contributed by atoms with van der Waals surface area (Å²) in [6, 6.07) is 0.654. The number of nitrogens with zero attached hydrogens (tertiary/aromatic N) is 1. The number of nitro benzene ring substituents is 1. The zero-order chi connectivity index (χ0) is 15.7. The molecule has 110 valence electrons. The maximum absolute atomic E-state index is 12.6. The molecular weight excluding hydrogens is 293 g/mol. The van der Waals surface area contributed by atoms with Crippen LogP contribution in [-0.4, -0.2) is 17.3 Å². The molecule has 0 unspecified atom stereocenters. The van der Waals surface area contributed by atoms with Crippen molar-refractivity contribution in [3.8, 4) is 5.75 Å². The third-order valence-electron chi connectivity index (χ3n) is 2.20. The first-order chi connectivity index (χ1) is 9.05. The van der Waals surface area contributed by atoms with Gasteiger partial charge in [0.2, 0.25) is 0 Å². The Hall–Kier alpha value is -2.26. The lowest BCUT2D eigenvalue weighted by molar-refractivity contribution is -0.388. The van der Waals surface area contributed by atoms with Crippen LogP contribution in [-0.2, 0) is 6.18 Å². The summed E-state index contributed by atoms with van der Waals surface area (Å²) in [7, 11) is 0. The van der Waals surface area contributed by atoms with Crippen LogP contribution in [0.15, 0.2) is 12.1 Å². The molecule has 0 atom stereocenters. The van der Waals surface area contributed by atoms with Crippen LogP contribution < -0.4 is 4.74 Å². The van der Waals surface area contributed by atoms with Gasteiger partial charge in [0.1, 0.15) is 16.9 Å². The van der Waals surface area contributed by atoms with Crippen molar-refractivity contribution in [2.24, 2.45) is 0 Å². The zero-order valence-corrected chi connectivity index (χ0v) is 9.70. The van der Waals surface area contributed by atoms with Gasteiger partial charge in [-0.25, -0.2) is 0 Å². The predicted molar refractivity (Wildman–Crippen MR) is 54.7 cm³/mol. The number of carbonyl (C=O) groups excluding carboxylic acids is 1. The van der Waals surface area contributed by atoms with Crippen molar-refractivity contribution in [1.82, 2.24) is 0 Å². The van der Waals surface area contributed by atoms with Crippen molar-refractivity contribution >= 4 is 11.5 Å². The van der Waals surface area contributed by atoms with Gasteiger partial charge >= 0.3 is 12.8 Å². The lowest BCUT2D eigenvalue weighted by Crippen LogP contribution is -2.15. The molecular formula is C10H6F5NO4. The Labute approximate surface area is 108 Å². The Morgan fingerprint density at radius 3 is 2.25 bits per heavy atom. The minimum absolute atomic E-state index is 0.211. The van der Waals surface area contributed by atoms with E-state index in [9.17, 15) is 36.9 Å². The van der Waals surface area contributed by atoms with E-state index in [-0.39, 0.29) is 6.07 Å². The molecule has 0 fully saturated rings. The van der Waals surface area contributed by atoms with Gasteiger partial charge in [0, 0.05) is 0 Å². The number of rotatable bonds is 4. The fourth-order valence-electron chi connectivity index (χ4n) is 1.53. The highest BCUT2D eigenvalue weighted by atomic mass is 19.4. The lowest BCUT2D eigenvalue weighted by Gasteiger charge is -2.13. The van der Waals surface area contributed by atoms with Crippen LogP contribution in [0.25, 0.3) is 0 Å². The van der Waals surface area contributed by atoms with Gasteiger partial charge in [-0.15, -0.1) is 0 Å². The van der Waals surface area contributed by atoms with E-state index in [1.165, 1.54) is 0 Å². The second-order valence-electron chi connectivity index (χ2n) is 3.52. The van der Waals surface area contributed by atoms with Gasteiger partial charge in [0.25, 0.3) is 5.69 Å². The highest BCUT2D eigenvalue weighted by molar-refractivity contribution is 6.01. The monoisotopic (exact) mass is 299 g/mol. The summed E-state index contributed by atoms with van der Waals surface area (Å²) in [5.74, 6) is -2.18. The summed E-state index contributed by atoms with van der Waals surface area (Å²) in [5, 5.41) is 10.7. The summed E-state index contributed by atoms with van der Waals surface area (Å²) in [6.45, 7) is -2.73. The van der Waals surface area contributed by atoms with Crippen LogP contribution >= 0.6 is 0 Å². The Morgan fingerprint density at radius 1 is 1.35 bits per heavy atom. The third-order valence-corrected chi connectivity index (χ3v) is 2.20. The standard InChI is InChI=1S/C10H6F5NO4/c1-4(17)7-6(20-9(11)12)3-2-5(10(13,14)15)8(7)16(18)19/h2-3,9H,1H3. The Morgan fingerprint density at radius 2 is 1.90 bits per heavy atom. The average Bonchev–Trinajstić information content (AvgIpc) is 2.25. The third kappa shape index (κ3) is 3.19. The molecule has 0 amide bonds. The first-order valence-electron chi connectivity index (χ1n) is 4.90. The molecule has 0 aromatic heterocycles. The molecule has 1 aromatic carbocycles. The van der Waals surface area contributed by atoms with Crippen LogP contribution in [0.2, 0.25) is 0 Å². The summed E-state index contributed by atoms with van der Waals surface area (Å²) < 4.78 is 66.0. The quantitative estimate of drug-likeness (QED) is 0.370. The second-order valence-corrected chi connectivity index (χ2v) is 3.52. The molecule has 0 aliphatic heterocycles. The maximum Gasteiger partial charge on any atom is 0.423 e. The van der Waals surface area contributed by atoms with Crippen LogP contribution in [0, 0.1) is 10.1 Å². The molecule has 20 heavy (non-hydrogen) atoms. The number of benzene rings is 1. The second kappa shape index (κ2) is 5.39.